The number of alkyl halides is 2. The van der Waals surface area contributed by atoms with Gasteiger partial charge in [-0.2, -0.15) is 8.78 Å². The third-order valence-corrected chi connectivity index (χ3v) is 4.66. The molecule has 8 nitrogen and oxygen atoms in total. The van der Waals surface area contributed by atoms with Crippen molar-refractivity contribution in [3.05, 3.63) is 29.8 Å². The third-order valence-electron chi connectivity index (χ3n) is 4.66. The van der Waals surface area contributed by atoms with Gasteiger partial charge in [0.2, 0.25) is 11.8 Å². The van der Waals surface area contributed by atoms with Crippen LogP contribution in [0.2, 0.25) is 0 Å². The number of benzene rings is 1. The first-order chi connectivity index (χ1) is 12.9. The highest BCUT2D eigenvalue weighted by Crippen LogP contribution is 2.43. The molecule has 10 heteroatoms. The summed E-state index contributed by atoms with van der Waals surface area (Å²) in [6.45, 7) is 0. The maximum Gasteiger partial charge on any atom is 0.332 e. The van der Waals surface area contributed by atoms with Gasteiger partial charge in [0.15, 0.2) is 0 Å². The van der Waals surface area contributed by atoms with Crippen LogP contribution >= 0.6 is 0 Å². The van der Waals surface area contributed by atoms with Crippen molar-refractivity contribution in [2.24, 2.45) is 5.92 Å². The number of carbonyl (C=O) groups is 4. The van der Waals surface area contributed by atoms with Crippen molar-refractivity contribution in [2.75, 3.05) is 35.3 Å². The fraction of sp³-hybridized carbons (Fsp3) is 0.444. The van der Waals surface area contributed by atoms with Gasteiger partial charge >= 0.3 is 12.0 Å². The lowest BCUT2D eigenvalue weighted by Crippen LogP contribution is -2.61. The van der Waals surface area contributed by atoms with Crippen LogP contribution in [0.4, 0.5) is 13.6 Å². The standard InChI is InChI=1S/C18H21F2N3O5/c1-21(2)16(26)18(19,20)13(10-6-8-11(28-5)9-7-10)12-14(24)22(3)17(27)23(4)15(12)25/h6-9,12-13H,1-5H3. The van der Waals surface area contributed by atoms with Crippen molar-refractivity contribution in [2.45, 2.75) is 11.8 Å². The summed E-state index contributed by atoms with van der Waals surface area (Å²) >= 11 is 0. The van der Waals surface area contributed by atoms with E-state index >= 15 is 8.78 Å². The molecule has 1 aliphatic rings. The maximum absolute atomic E-state index is 15.2. The summed E-state index contributed by atoms with van der Waals surface area (Å²) in [4.78, 5) is 51.3. The number of rotatable bonds is 5. The first-order valence-electron chi connectivity index (χ1n) is 8.27. The van der Waals surface area contributed by atoms with Crippen LogP contribution in [0, 0.1) is 5.92 Å². The number of carbonyl (C=O) groups excluding carboxylic acids is 4. The van der Waals surface area contributed by atoms with Crippen LogP contribution in [-0.4, -0.2) is 79.7 Å². The van der Waals surface area contributed by atoms with E-state index in [2.05, 4.69) is 0 Å². The van der Waals surface area contributed by atoms with E-state index in [1.54, 1.807) is 0 Å². The second kappa shape index (κ2) is 7.53. The van der Waals surface area contributed by atoms with Crippen molar-refractivity contribution in [3.63, 3.8) is 0 Å². The third kappa shape index (κ3) is 3.41. The molecule has 0 spiro atoms. The van der Waals surface area contributed by atoms with Gasteiger partial charge in [0, 0.05) is 28.2 Å². The Morgan fingerprint density at radius 2 is 1.54 bits per heavy atom. The number of hydrogen-bond acceptors (Lipinski definition) is 5. The van der Waals surface area contributed by atoms with E-state index < -0.39 is 41.5 Å². The fourth-order valence-electron chi connectivity index (χ4n) is 3.08. The second-order valence-electron chi connectivity index (χ2n) is 6.63. The Bertz CT molecular complexity index is 786. The summed E-state index contributed by atoms with van der Waals surface area (Å²) in [5.41, 5.74) is -0.108. The van der Waals surface area contributed by atoms with Gasteiger partial charge in [-0.05, 0) is 17.7 Å². The lowest BCUT2D eigenvalue weighted by molar-refractivity contribution is -0.167. The summed E-state index contributed by atoms with van der Waals surface area (Å²) in [6, 6.07) is 4.36. The van der Waals surface area contributed by atoms with Gasteiger partial charge in [0.25, 0.3) is 5.91 Å². The van der Waals surface area contributed by atoms with Crippen molar-refractivity contribution >= 4 is 23.8 Å². The molecule has 1 aromatic rings. The molecule has 1 aromatic carbocycles. The summed E-state index contributed by atoms with van der Waals surface area (Å²) in [5, 5.41) is 0. The Labute approximate surface area is 160 Å². The van der Waals surface area contributed by atoms with E-state index in [9.17, 15) is 19.2 Å². The predicted molar refractivity (Wildman–Crippen MR) is 93.8 cm³/mol. The number of hydrogen-bond donors (Lipinski definition) is 0. The smallest absolute Gasteiger partial charge is 0.332 e. The van der Waals surface area contributed by atoms with E-state index in [1.165, 1.54) is 31.4 Å². The highest BCUT2D eigenvalue weighted by atomic mass is 19.3. The number of amides is 5. The average molecular weight is 397 g/mol. The quantitative estimate of drug-likeness (QED) is 0.696. The fourth-order valence-corrected chi connectivity index (χ4v) is 3.08. The molecule has 1 heterocycles. The SMILES string of the molecule is COc1ccc(C(C2C(=O)N(C)C(=O)N(C)C2=O)C(F)(F)C(=O)N(C)C)cc1. The van der Waals surface area contributed by atoms with E-state index in [1.807, 2.05) is 0 Å². The van der Waals surface area contributed by atoms with Crippen LogP contribution in [0.25, 0.3) is 0 Å². The van der Waals surface area contributed by atoms with E-state index in [0.717, 1.165) is 28.2 Å². The molecule has 1 unspecified atom stereocenters. The molecule has 0 bridgehead atoms. The number of ether oxygens (including phenoxy) is 1. The molecule has 5 amide bonds. The second-order valence-corrected chi connectivity index (χ2v) is 6.63. The topological polar surface area (TPSA) is 87.2 Å². The zero-order valence-corrected chi connectivity index (χ0v) is 16.1. The molecule has 1 aliphatic heterocycles. The van der Waals surface area contributed by atoms with Crippen LogP contribution in [0.3, 0.4) is 0 Å². The zero-order valence-electron chi connectivity index (χ0n) is 16.1. The van der Waals surface area contributed by atoms with Crippen LogP contribution in [0.15, 0.2) is 24.3 Å². The Kier molecular flexibility index (Phi) is 5.72. The van der Waals surface area contributed by atoms with Crippen LogP contribution in [-0.2, 0) is 14.4 Å². The van der Waals surface area contributed by atoms with Crippen molar-refractivity contribution in [3.8, 4) is 5.75 Å². The van der Waals surface area contributed by atoms with Gasteiger partial charge in [-0.25, -0.2) is 4.79 Å². The normalized spacial score (nSPS) is 17.0. The first-order valence-corrected chi connectivity index (χ1v) is 8.27. The zero-order chi connectivity index (χ0) is 21.4. The highest BCUT2D eigenvalue weighted by molar-refractivity contribution is 6.16. The van der Waals surface area contributed by atoms with Crippen LogP contribution in [0.5, 0.6) is 5.75 Å². The van der Waals surface area contributed by atoms with Gasteiger partial charge in [-0.1, -0.05) is 12.1 Å². The minimum atomic E-state index is -4.09. The minimum absolute atomic E-state index is 0.108. The predicted octanol–water partition coefficient (Wildman–Crippen LogP) is 1.17. The molecule has 152 valence electrons. The number of barbiturate groups is 1. The van der Waals surface area contributed by atoms with Gasteiger partial charge in [-0.3, -0.25) is 24.2 Å². The molecule has 0 saturated carbocycles. The summed E-state index contributed by atoms with van der Waals surface area (Å²) < 4.78 is 35.5. The molecule has 0 aliphatic carbocycles. The van der Waals surface area contributed by atoms with Gasteiger partial charge in [-0.15, -0.1) is 0 Å². The molecule has 0 N–H and O–H groups in total. The van der Waals surface area contributed by atoms with E-state index in [4.69, 9.17) is 4.74 Å². The van der Waals surface area contributed by atoms with Gasteiger partial charge < -0.3 is 9.64 Å². The lowest BCUT2D eigenvalue weighted by atomic mass is 9.78. The Balaban J connectivity index is 2.66. The van der Waals surface area contributed by atoms with Gasteiger partial charge in [0.1, 0.15) is 11.7 Å². The Morgan fingerprint density at radius 1 is 1.07 bits per heavy atom. The van der Waals surface area contributed by atoms with Crippen LogP contribution in [0.1, 0.15) is 11.5 Å². The summed E-state index contributed by atoms with van der Waals surface area (Å²) in [5.74, 6) is -11.5. The Hall–Kier alpha value is -3.04. The van der Waals surface area contributed by atoms with Gasteiger partial charge in [0.05, 0.1) is 13.0 Å². The largest absolute Gasteiger partial charge is 0.497 e. The molecule has 1 fully saturated rings. The number of imide groups is 2. The molecular formula is C18H21F2N3O5. The molecule has 1 saturated heterocycles. The average Bonchev–Trinajstić information content (AvgIpc) is 2.67. The van der Waals surface area contributed by atoms with Crippen molar-refractivity contribution in [1.82, 2.24) is 14.7 Å². The summed E-state index contributed by atoms with van der Waals surface area (Å²) in [6.07, 6.45) is 0. The lowest BCUT2D eigenvalue weighted by Gasteiger charge is -2.39. The molecule has 0 aromatic heterocycles. The first kappa shape index (κ1) is 21.3. The number of nitrogens with zero attached hydrogens (tertiary/aromatic N) is 3. The molecular weight excluding hydrogens is 376 g/mol. The van der Waals surface area contributed by atoms with Crippen molar-refractivity contribution < 1.29 is 32.7 Å². The highest BCUT2D eigenvalue weighted by Gasteiger charge is 2.59. The molecule has 2 rings (SSSR count). The monoisotopic (exact) mass is 397 g/mol. The number of methoxy groups -OCH3 is 1. The number of urea groups is 1. The summed E-state index contributed by atoms with van der Waals surface area (Å²) in [7, 11) is 5.87. The maximum atomic E-state index is 15.2. The molecule has 0 radical (unpaired) electrons. The van der Waals surface area contributed by atoms with E-state index in [0.29, 0.717) is 20.4 Å². The van der Waals surface area contributed by atoms with Crippen molar-refractivity contribution in [1.29, 1.82) is 0 Å². The molecule has 28 heavy (non-hydrogen) atoms. The number of halogens is 2. The minimum Gasteiger partial charge on any atom is -0.497 e. The van der Waals surface area contributed by atoms with E-state index in [-0.39, 0.29) is 5.56 Å². The Morgan fingerprint density at radius 3 is 1.93 bits per heavy atom. The van der Waals surface area contributed by atoms with Crippen LogP contribution < -0.4 is 4.74 Å². The molecule has 1 atom stereocenters.